The zero-order chi connectivity index (χ0) is 14.5. The zero-order valence-electron chi connectivity index (χ0n) is 12.1. The third-order valence-electron chi connectivity index (χ3n) is 3.27. The van der Waals surface area contributed by atoms with Gasteiger partial charge in [0.2, 0.25) is 0 Å². The van der Waals surface area contributed by atoms with Crippen molar-refractivity contribution in [1.82, 2.24) is 9.78 Å². The van der Waals surface area contributed by atoms with Crippen molar-refractivity contribution in [1.29, 1.82) is 5.26 Å². The van der Waals surface area contributed by atoms with E-state index >= 15 is 0 Å². The van der Waals surface area contributed by atoms with Gasteiger partial charge in [-0.05, 0) is 29.2 Å². The van der Waals surface area contributed by atoms with Crippen LogP contribution in [-0.4, -0.2) is 16.9 Å². The van der Waals surface area contributed by atoms with E-state index in [2.05, 4.69) is 31.1 Å². The highest BCUT2D eigenvalue weighted by Crippen LogP contribution is 2.31. The maximum absolute atomic E-state index is 8.60. The highest BCUT2D eigenvalue weighted by Gasteiger charge is 2.10. The maximum Gasteiger partial charge on any atom is 0.122 e. The van der Waals surface area contributed by atoms with E-state index in [1.165, 1.54) is 5.56 Å². The molecule has 0 unspecified atom stereocenters. The Morgan fingerprint density at radius 1 is 1.35 bits per heavy atom. The Morgan fingerprint density at radius 2 is 2.15 bits per heavy atom. The molecule has 0 saturated heterocycles. The molecule has 0 amide bonds. The molecule has 0 spiro atoms. The van der Waals surface area contributed by atoms with Crippen LogP contribution in [0.3, 0.4) is 0 Å². The lowest BCUT2D eigenvalue weighted by molar-refractivity contribution is 0.407. The summed E-state index contributed by atoms with van der Waals surface area (Å²) in [6, 6.07) is 8.31. The molecule has 0 saturated carbocycles. The molecule has 2 aromatic rings. The van der Waals surface area contributed by atoms with Crippen LogP contribution in [0.2, 0.25) is 0 Å². The van der Waals surface area contributed by atoms with Gasteiger partial charge in [0, 0.05) is 11.8 Å². The van der Waals surface area contributed by atoms with Gasteiger partial charge in [-0.1, -0.05) is 19.9 Å². The maximum atomic E-state index is 8.60. The van der Waals surface area contributed by atoms with Gasteiger partial charge in [0.1, 0.15) is 5.75 Å². The van der Waals surface area contributed by atoms with Crippen molar-refractivity contribution in [3.63, 3.8) is 0 Å². The number of nitrogens with zero attached hydrogens (tertiary/aromatic N) is 3. The Bertz CT molecular complexity index is 623. The van der Waals surface area contributed by atoms with Gasteiger partial charge in [-0.15, -0.1) is 0 Å². The summed E-state index contributed by atoms with van der Waals surface area (Å²) in [6.07, 6.45) is 4.29. The average molecular weight is 269 g/mol. The molecular formula is C16H19N3O. The van der Waals surface area contributed by atoms with Gasteiger partial charge in [-0.3, -0.25) is 4.68 Å². The molecule has 2 rings (SSSR count). The van der Waals surface area contributed by atoms with Crippen LogP contribution in [-0.2, 0) is 6.54 Å². The fourth-order valence-electron chi connectivity index (χ4n) is 2.16. The van der Waals surface area contributed by atoms with Crippen molar-refractivity contribution in [2.75, 3.05) is 7.11 Å². The van der Waals surface area contributed by atoms with Crippen LogP contribution in [0.15, 0.2) is 30.6 Å². The van der Waals surface area contributed by atoms with E-state index in [0.717, 1.165) is 16.9 Å². The fraction of sp³-hybridized carbons (Fsp3) is 0.375. The minimum absolute atomic E-state index is 0.401. The molecule has 0 aliphatic heterocycles. The number of benzene rings is 1. The van der Waals surface area contributed by atoms with Crippen molar-refractivity contribution in [2.45, 2.75) is 32.7 Å². The van der Waals surface area contributed by atoms with Gasteiger partial charge in [-0.25, -0.2) is 0 Å². The van der Waals surface area contributed by atoms with Crippen LogP contribution in [0.25, 0.3) is 11.1 Å². The number of ether oxygens (including phenoxy) is 1. The van der Waals surface area contributed by atoms with E-state index in [0.29, 0.717) is 18.9 Å². The summed E-state index contributed by atoms with van der Waals surface area (Å²) >= 11 is 0. The highest BCUT2D eigenvalue weighted by atomic mass is 16.5. The summed E-state index contributed by atoms with van der Waals surface area (Å²) in [4.78, 5) is 0. The second kappa shape index (κ2) is 6.25. The molecule has 4 heteroatoms. The number of hydrogen-bond donors (Lipinski definition) is 0. The largest absolute Gasteiger partial charge is 0.496 e. The van der Waals surface area contributed by atoms with E-state index in [4.69, 9.17) is 10.00 Å². The summed E-state index contributed by atoms with van der Waals surface area (Å²) in [7, 11) is 1.70. The van der Waals surface area contributed by atoms with Crippen molar-refractivity contribution < 1.29 is 4.74 Å². The number of hydrogen-bond acceptors (Lipinski definition) is 3. The van der Waals surface area contributed by atoms with E-state index in [9.17, 15) is 0 Å². The molecule has 20 heavy (non-hydrogen) atoms. The second-order valence-electron chi connectivity index (χ2n) is 5.01. The predicted molar refractivity (Wildman–Crippen MR) is 78.5 cm³/mol. The Morgan fingerprint density at radius 3 is 2.80 bits per heavy atom. The van der Waals surface area contributed by atoms with Gasteiger partial charge in [0.25, 0.3) is 0 Å². The summed E-state index contributed by atoms with van der Waals surface area (Å²) in [5.74, 6) is 1.32. The number of nitriles is 1. The third kappa shape index (κ3) is 3.00. The van der Waals surface area contributed by atoms with Crippen LogP contribution >= 0.6 is 0 Å². The second-order valence-corrected chi connectivity index (χ2v) is 5.01. The topological polar surface area (TPSA) is 50.8 Å². The van der Waals surface area contributed by atoms with Crippen LogP contribution in [0.1, 0.15) is 31.7 Å². The molecule has 0 radical (unpaired) electrons. The van der Waals surface area contributed by atoms with Gasteiger partial charge < -0.3 is 4.74 Å². The lowest BCUT2D eigenvalue weighted by Crippen LogP contribution is -1.96. The van der Waals surface area contributed by atoms with Gasteiger partial charge >= 0.3 is 0 Å². The molecule has 1 heterocycles. The Kier molecular flexibility index (Phi) is 4.41. The van der Waals surface area contributed by atoms with Gasteiger partial charge in [0.05, 0.1) is 32.3 Å². The zero-order valence-corrected chi connectivity index (χ0v) is 12.1. The van der Waals surface area contributed by atoms with Crippen molar-refractivity contribution in [3.8, 4) is 22.9 Å². The highest BCUT2D eigenvalue weighted by molar-refractivity contribution is 5.64. The Labute approximate surface area is 119 Å². The number of rotatable bonds is 5. The Balaban J connectivity index is 2.31. The fourth-order valence-corrected chi connectivity index (χ4v) is 2.16. The number of methoxy groups -OCH3 is 1. The lowest BCUT2D eigenvalue weighted by atomic mass is 9.97. The average Bonchev–Trinajstić information content (AvgIpc) is 2.93. The predicted octanol–water partition coefficient (Wildman–Crippen LogP) is 3.60. The first-order chi connectivity index (χ1) is 9.65. The summed E-state index contributed by atoms with van der Waals surface area (Å²) in [5.41, 5.74) is 3.37. The summed E-state index contributed by atoms with van der Waals surface area (Å²) in [5, 5.41) is 12.9. The molecule has 1 aromatic heterocycles. The van der Waals surface area contributed by atoms with Crippen LogP contribution in [0.5, 0.6) is 5.75 Å². The molecule has 104 valence electrons. The lowest BCUT2D eigenvalue weighted by Gasteiger charge is -2.13. The smallest absolute Gasteiger partial charge is 0.122 e. The molecule has 0 aliphatic rings. The minimum atomic E-state index is 0.401. The molecular weight excluding hydrogens is 250 g/mol. The first-order valence-electron chi connectivity index (χ1n) is 6.73. The van der Waals surface area contributed by atoms with Gasteiger partial charge in [0.15, 0.2) is 0 Å². The molecule has 0 N–H and O–H groups in total. The van der Waals surface area contributed by atoms with Crippen LogP contribution < -0.4 is 4.74 Å². The first kappa shape index (κ1) is 14.1. The number of aryl methyl sites for hydroxylation is 1. The molecule has 0 bridgehead atoms. The van der Waals surface area contributed by atoms with Crippen molar-refractivity contribution >= 4 is 0 Å². The molecule has 4 nitrogen and oxygen atoms in total. The standard InChI is InChI=1S/C16H19N3O/c1-12(2)15-9-13(5-6-16(15)20-3)14-10-18-19(11-14)8-4-7-17/h5-6,9-12H,4,8H2,1-3H3. The van der Waals surface area contributed by atoms with Gasteiger partial charge in [-0.2, -0.15) is 10.4 Å². The van der Waals surface area contributed by atoms with E-state index in [-0.39, 0.29) is 0 Å². The first-order valence-corrected chi connectivity index (χ1v) is 6.73. The summed E-state index contributed by atoms with van der Waals surface area (Å²) in [6.45, 7) is 4.93. The number of aromatic nitrogens is 2. The molecule has 0 fully saturated rings. The van der Waals surface area contributed by atoms with Crippen molar-refractivity contribution in [2.24, 2.45) is 0 Å². The molecule has 0 atom stereocenters. The molecule has 0 aliphatic carbocycles. The minimum Gasteiger partial charge on any atom is -0.496 e. The quantitative estimate of drug-likeness (QED) is 0.833. The van der Waals surface area contributed by atoms with E-state index < -0.39 is 0 Å². The normalized spacial score (nSPS) is 10.6. The summed E-state index contributed by atoms with van der Waals surface area (Å²) < 4.78 is 7.20. The van der Waals surface area contributed by atoms with Crippen LogP contribution in [0, 0.1) is 11.3 Å². The monoisotopic (exact) mass is 269 g/mol. The van der Waals surface area contributed by atoms with Crippen molar-refractivity contribution in [3.05, 3.63) is 36.2 Å². The third-order valence-corrected chi connectivity index (χ3v) is 3.27. The van der Waals surface area contributed by atoms with Crippen LogP contribution in [0.4, 0.5) is 0 Å². The molecule has 1 aromatic carbocycles. The Hall–Kier alpha value is -2.28. The SMILES string of the molecule is COc1ccc(-c2cnn(CCC#N)c2)cc1C(C)C. The van der Waals surface area contributed by atoms with E-state index in [1.807, 2.05) is 24.5 Å². The van der Waals surface area contributed by atoms with E-state index in [1.54, 1.807) is 11.8 Å².